The molecule has 0 atom stereocenters. The Bertz CT molecular complexity index is 465. The predicted octanol–water partition coefficient (Wildman–Crippen LogP) is 1.12. The minimum absolute atomic E-state index is 0.0367. The maximum absolute atomic E-state index is 11.9. The van der Waals surface area contributed by atoms with Crippen molar-refractivity contribution >= 4 is 15.8 Å². The lowest BCUT2D eigenvalue weighted by molar-refractivity contribution is 0.539. The van der Waals surface area contributed by atoms with E-state index in [-0.39, 0.29) is 16.8 Å². The van der Waals surface area contributed by atoms with E-state index >= 15 is 0 Å². The standard InChI is InChI=1S/C10H20N4O2S/c1-4-5-6-13-17(15,16)9-7-12-14(8(2)3)10(9)11/h7-8,13H,4-6,11H2,1-3H3. The molecule has 0 aliphatic carbocycles. The average Bonchev–Trinajstić information content (AvgIpc) is 2.61. The molecule has 6 nitrogen and oxygen atoms in total. The van der Waals surface area contributed by atoms with E-state index in [9.17, 15) is 8.42 Å². The van der Waals surface area contributed by atoms with Crippen molar-refractivity contribution in [1.29, 1.82) is 0 Å². The van der Waals surface area contributed by atoms with E-state index in [2.05, 4.69) is 9.82 Å². The largest absolute Gasteiger partial charge is 0.383 e. The Morgan fingerprint density at radius 2 is 2.18 bits per heavy atom. The highest BCUT2D eigenvalue weighted by Crippen LogP contribution is 2.20. The normalized spacial score (nSPS) is 12.2. The van der Waals surface area contributed by atoms with E-state index in [1.54, 1.807) is 0 Å². The van der Waals surface area contributed by atoms with Crippen molar-refractivity contribution in [2.24, 2.45) is 0 Å². The highest BCUT2D eigenvalue weighted by atomic mass is 32.2. The first-order chi connectivity index (χ1) is 7.90. The van der Waals surface area contributed by atoms with Crippen molar-refractivity contribution in [1.82, 2.24) is 14.5 Å². The fourth-order valence-corrected chi connectivity index (χ4v) is 2.56. The van der Waals surface area contributed by atoms with Gasteiger partial charge in [0.15, 0.2) is 0 Å². The number of nitrogens with one attached hydrogen (secondary N) is 1. The summed E-state index contributed by atoms with van der Waals surface area (Å²) in [6.07, 6.45) is 3.03. The van der Waals surface area contributed by atoms with E-state index in [0.717, 1.165) is 12.8 Å². The second-order valence-electron chi connectivity index (χ2n) is 4.18. The molecule has 0 saturated carbocycles. The summed E-state index contributed by atoms with van der Waals surface area (Å²) in [5.41, 5.74) is 5.78. The average molecular weight is 260 g/mol. The molecule has 7 heteroatoms. The molecule has 0 unspecified atom stereocenters. The molecule has 98 valence electrons. The maximum Gasteiger partial charge on any atom is 0.245 e. The first kappa shape index (κ1) is 14.0. The second-order valence-corrected chi connectivity index (χ2v) is 5.92. The van der Waals surface area contributed by atoms with Gasteiger partial charge in [-0.2, -0.15) is 5.10 Å². The number of anilines is 1. The van der Waals surface area contributed by atoms with Gasteiger partial charge in [-0.3, -0.25) is 0 Å². The molecule has 0 fully saturated rings. The van der Waals surface area contributed by atoms with Gasteiger partial charge in [0.05, 0.1) is 6.20 Å². The molecule has 0 amide bonds. The van der Waals surface area contributed by atoms with Gasteiger partial charge in [-0.1, -0.05) is 13.3 Å². The second kappa shape index (κ2) is 5.50. The third-order valence-electron chi connectivity index (χ3n) is 2.40. The van der Waals surface area contributed by atoms with Gasteiger partial charge in [0.2, 0.25) is 10.0 Å². The summed E-state index contributed by atoms with van der Waals surface area (Å²) < 4.78 is 27.8. The lowest BCUT2D eigenvalue weighted by Crippen LogP contribution is -2.25. The summed E-state index contributed by atoms with van der Waals surface area (Å²) in [7, 11) is -3.53. The summed E-state index contributed by atoms with van der Waals surface area (Å²) in [6.45, 7) is 6.21. The number of nitrogens with two attached hydrogens (primary N) is 1. The Morgan fingerprint density at radius 3 is 2.65 bits per heavy atom. The van der Waals surface area contributed by atoms with Crippen LogP contribution in [0.3, 0.4) is 0 Å². The summed E-state index contributed by atoms with van der Waals surface area (Å²) in [6, 6.07) is 0.0367. The van der Waals surface area contributed by atoms with Crippen molar-refractivity contribution in [2.45, 2.75) is 44.6 Å². The lowest BCUT2D eigenvalue weighted by Gasteiger charge is -2.09. The van der Waals surface area contributed by atoms with Gasteiger partial charge in [-0.15, -0.1) is 0 Å². The van der Waals surface area contributed by atoms with Crippen LogP contribution in [0.5, 0.6) is 0 Å². The Labute approximate surface area is 102 Å². The molecule has 0 saturated heterocycles. The lowest BCUT2D eigenvalue weighted by atomic mass is 10.3. The van der Waals surface area contributed by atoms with Crippen molar-refractivity contribution < 1.29 is 8.42 Å². The minimum atomic E-state index is -3.53. The van der Waals surface area contributed by atoms with Gasteiger partial charge in [0, 0.05) is 12.6 Å². The van der Waals surface area contributed by atoms with E-state index in [4.69, 9.17) is 5.73 Å². The third-order valence-corrected chi connectivity index (χ3v) is 3.88. The van der Waals surface area contributed by atoms with Gasteiger partial charge in [0.1, 0.15) is 10.7 Å². The molecular formula is C10H20N4O2S. The van der Waals surface area contributed by atoms with Gasteiger partial charge in [-0.25, -0.2) is 17.8 Å². The first-order valence-corrected chi connectivity index (χ1v) is 7.21. The number of rotatable bonds is 6. The number of sulfonamides is 1. The van der Waals surface area contributed by atoms with Crippen LogP contribution in [0.1, 0.15) is 39.7 Å². The topological polar surface area (TPSA) is 90.0 Å². The van der Waals surface area contributed by atoms with Crippen LogP contribution in [0.15, 0.2) is 11.1 Å². The number of hydrogen-bond acceptors (Lipinski definition) is 4. The highest BCUT2D eigenvalue weighted by molar-refractivity contribution is 7.89. The van der Waals surface area contributed by atoms with Crippen LogP contribution in [0.4, 0.5) is 5.82 Å². The van der Waals surface area contributed by atoms with E-state index < -0.39 is 10.0 Å². The Morgan fingerprint density at radius 1 is 1.53 bits per heavy atom. The van der Waals surface area contributed by atoms with Gasteiger partial charge >= 0.3 is 0 Å². The molecule has 0 aromatic carbocycles. The molecule has 0 spiro atoms. The Kier molecular flexibility index (Phi) is 4.53. The van der Waals surface area contributed by atoms with Crippen molar-refractivity contribution in [3.8, 4) is 0 Å². The number of aromatic nitrogens is 2. The summed E-state index contributed by atoms with van der Waals surface area (Å²) >= 11 is 0. The summed E-state index contributed by atoms with van der Waals surface area (Å²) in [5, 5.41) is 3.98. The van der Waals surface area contributed by atoms with Crippen molar-refractivity contribution in [2.75, 3.05) is 12.3 Å². The molecular weight excluding hydrogens is 240 g/mol. The van der Waals surface area contributed by atoms with E-state index in [0.29, 0.717) is 6.54 Å². The van der Waals surface area contributed by atoms with Crippen LogP contribution in [0, 0.1) is 0 Å². The van der Waals surface area contributed by atoms with Gasteiger partial charge in [-0.05, 0) is 20.3 Å². The molecule has 0 bridgehead atoms. The van der Waals surface area contributed by atoms with Crippen LogP contribution in [0.2, 0.25) is 0 Å². The maximum atomic E-state index is 11.9. The SMILES string of the molecule is CCCCNS(=O)(=O)c1cnn(C(C)C)c1N. The quantitative estimate of drug-likeness (QED) is 0.750. The molecule has 0 aliphatic heterocycles. The molecule has 0 radical (unpaired) electrons. The zero-order valence-corrected chi connectivity index (χ0v) is 11.3. The fourth-order valence-electron chi connectivity index (χ4n) is 1.44. The molecule has 17 heavy (non-hydrogen) atoms. The molecule has 0 aliphatic rings. The first-order valence-electron chi connectivity index (χ1n) is 5.72. The third kappa shape index (κ3) is 3.19. The molecule has 1 aromatic rings. The summed E-state index contributed by atoms with van der Waals surface area (Å²) in [4.78, 5) is 0.0577. The van der Waals surface area contributed by atoms with Crippen molar-refractivity contribution in [3.63, 3.8) is 0 Å². The number of hydrogen-bond donors (Lipinski definition) is 2. The number of nitrogens with zero attached hydrogens (tertiary/aromatic N) is 2. The van der Waals surface area contributed by atoms with Gasteiger partial charge < -0.3 is 5.73 Å². The fraction of sp³-hybridized carbons (Fsp3) is 0.700. The zero-order chi connectivity index (χ0) is 13.1. The van der Waals surface area contributed by atoms with Gasteiger partial charge in [0.25, 0.3) is 0 Å². The molecule has 1 aromatic heterocycles. The Hall–Kier alpha value is -1.08. The molecule has 3 N–H and O–H groups in total. The number of nitrogen functional groups attached to an aromatic ring is 1. The summed E-state index contributed by atoms with van der Waals surface area (Å²) in [5.74, 6) is 0.184. The monoisotopic (exact) mass is 260 g/mol. The van der Waals surface area contributed by atoms with Crippen LogP contribution in [-0.4, -0.2) is 24.7 Å². The zero-order valence-electron chi connectivity index (χ0n) is 10.5. The predicted molar refractivity (Wildman–Crippen MR) is 67.1 cm³/mol. The van der Waals surface area contributed by atoms with Crippen LogP contribution in [-0.2, 0) is 10.0 Å². The van der Waals surface area contributed by atoms with E-state index in [1.165, 1.54) is 10.9 Å². The Balaban J connectivity index is 2.92. The van der Waals surface area contributed by atoms with Crippen LogP contribution < -0.4 is 10.5 Å². The number of unbranched alkanes of at least 4 members (excludes halogenated alkanes) is 1. The van der Waals surface area contributed by atoms with Crippen LogP contribution in [0.25, 0.3) is 0 Å². The highest BCUT2D eigenvalue weighted by Gasteiger charge is 2.21. The molecule has 1 heterocycles. The van der Waals surface area contributed by atoms with E-state index in [1.807, 2.05) is 20.8 Å². The molecule has 1 rings (SSSR count). The van der Waals surface area contributed by atoms with Crippen molar-refractivity contribution in [3.05, 3.63) is 6.20 Å². The minimum Gasteiger partial charge on any atom is -0.383 e. The smallest absolute Gasteiger partial charge is 0.245 e. The van der Waals surface area contributed by atoms with Crippen LogP contribution >= 0.6 is 0 Å².